The Morgan fingerprint density at radius 1 is 1.05 bits per heavy atom. The van der Waals surface area contributed by atoms with Gasteiger partial charge in [-0.2, -0.15) is 9.97 Å². The van der Waals surface area contributed by atoms with Crippen molar-refractivity contribution in [3.8, 4) is 5.88 Å². The summed E-state index contributed by atoms with van der Waals surface area (Å²) in [4.78, 5) is 29.7. The van der Waals surface area contributed by atoms with E-state index in [0.717, 1.165) is 17.8 Å². The zero-order chi connectivity index (χ0) is 28.9. The first-order valence-electron chi connectivity index (χ1n) is 12.6. The number of benzene rings is 1. The van der Waals surface area contributed by atoms with Crippen LogP contribution in [0.2, 0.25) is 0 Å². The number of nitrogens with zero attached hydrogens (tertiary/aromatic N) is 6. The first-order chi connectivity index (χ1) is 19.2. The number of methoxy groups -OCH3 is 1. The number of ether oxygens (including phenoxy) is 1. The Morgan fingerprint density at radius 2 is 1.82 bits per heavy atom. The highest BCUT2D eigenvalue weighted by atomic mass is 79.9. The SMILES string of the molecule is CCc1cc(Nc2ncc(Br)c(Nc3ccc4nccnc4c3P(C)(C)=O)n2)c(OC)nc1N(C)CCNOC. The molecular weight excluding hydrogens is 597 g/mol. The Morgan fingerprint density at radius 3 is 2.52 bits per heavy atom. The van der Waals surface area contributed by atoms with Crippen LogP contribution in [0.3, 0.4) is 0 Å². The summed E-state index contributed by atoms with van der Waals surface area (Å²) in [5.41, 5.74) is 6.41. The highest BCUT2D eigenvalue weighted by Crippen LogP contribution is 2.41. The topological polar surface area (TPSA) is 139 Å². The molecular formula is C26H33BrN9O3P. The van der Waals surface area contributed by atoms with Crippen molar-refractivity contribution in [2.75, 3.05) is 63.2 Å². The van der Waals surface area contributed by atoms with Crippen LogP contribution in [0.15, 0.2) is 41.3 Å². The number of halogens is 1. The van der Waals surface area contributed by atoms with E-state index in [0.29, 0.717) is 62.9 Å². The molecule has 0 aliphatic heterocycles. The van der Waals surface area contributed by atoms with Gasteiger partial charge in [-0.15, -0.1) is 0 Å². The van der Waals surface area contributed by atoms with E-state index >= 15 is 0 Å². The lowest BCUT2D eigenvalue weighted by atomic mass is 10.1. The molecule has 40 heavy (non-hydrogen) atoms. The van der Waals surface area contributed by atoms with E-state index in [4.69, 9.17) is 14.6 Å². The first kappa shape index (κ1) is 29.6. The monoisotopic (exact) mass is 629 g/mol. The molecule has 212 valence electrons. The second kappa shape index (κ2) is 12.9. The highest BCUT2D eigenvalue weighted by molar-refractivity contribution is 9.10. The molecule has 0 amide bonds. The number of anilines is 5. The van der Waals surface area contributed by atoms with Gasteiger partial charge in [-0.1, -0.05) is 6.92 Å². The summed E-state index contributed by atoms with van der Waals surface area (Å²) in [5, 5.41) is 7.17. The van der Waals surface area contributed by atoms with Crippen LogP contribution in [0.25, 0.3) is 11.0 Å². The fourth-order valence-electron chi connectivity index (χ4n) is 4.22. The molecule has 0 saturated heterocycles. The van der Waals surface area contributed by atoms with E-state index in [1.165, 1.54) is 0 Å². The minimum absolute atomic E-state index is 0.330. The Balaban J connectivity index is 1.67. The Bertz CT molecular complexity index is 1550. The molecule has 3 N–H and O–H groups in total. The number of hydrogen-bond acceptors (Lipinski definition) is 12. The normalized spacial score (nSPS) is 11.5. The average Bonchev–Trinajstić information content (AvgIpc) is 2.93. The van der Waals surface area contributed by atoms with Crippen LogP contribution in [0.5, 0.6) is 5.88 Å². The van der Waals surface area contributed by atoms with Crippen molar-refractivity contribution in [1.82, 2.24) is 30.4 Å². The van der Waals surface area contributed by atoms with Gasteiger partial charge in [0.25, 0.3) is 0 Å². The summed E-state index contributed by atoms with van der Waals surface area (Å²) >= 11 is 3.53. The predicted molar refractivity (Wildman–Crippen MR) is 163 cm³/mol. The van der Waals surface area contributed by atoms with Gasteiger partial charge in [0, 0.05) is 38.7 Å². The maximum absolute atomic E-state index is 13.3. The molecule has 0 bridgehead atoms. The van der Waals surface area contributed by atoms with Gasteiger partial charge < -0.3 is 29.7 Å². The Hall–Kier alpha value is -3.38. The number of hydroxylamine groups is 1. The summed E-state index contributed by atoms with van der Waals surface area (Å²) in [6, 6.07) is 5.67. The molecule has 3 heterocycles. The summed E-state index contributed by atoms with van der Waals surface area (Å²) in [7, 11) is 2.39. The van der Waals surface area contributed by atoms with Crippen LogP contribution in [0, 0.1) is 0 Å². The first-order valence-corrected chi connectivity index (χ1v) is 16.0. The lowest BCUT2D eigenvalue weighted by molar-refractivity contribution is 0.0940. The van der Waals surface area contributed by atoms with Crippen molar-refractivity contribution < 1.29 is 14.1 Å². The standard InChI is InChI=1S/C26H33BrN9O3P/c1-7-16-14-20(25(38-3)35-24(16)36(2)13-12-31-39-4)33-26-30-15-17(27)23(34-26)32-19-9-8-18-21(29-11-10-28-18)22(19)40(5,6)37/h8-11,14-15,31H,7,12-13H2,1-6H3,(H2,30,32,33,34). The van der Waals surface area contributed by atoms with Gasteiger partial charge >= 0.3 is 0 Å². The summed E-state index contributed by atoms with van der Waals surface area (Å²) in [6.45, 7) is 6.83. The van der Waals surface area contributed by atoms with E-state index in [-0.39, 0.29) is 0 Å². The third-order valence-electron chi connectivity index (χ3n) is 6.07. The third-order valence-corrected chi connectivity index (χ3v) is 8.18. The molecule has 0 atom stereocenters. The van der Waals surface area contributed by atoms with E-state index in [1.54, 1.807) is 46.1 Å². The van der Waals surface area contributed by atoms with Crippen LogP contribution < -0.4 is 31.1 Å². The highest BCUT2D eigenvalue weighted by Gasteiger charge is 2.23. The van der Waals surface area contributed by atoms with E-state index in [9.17, 15) is 4.57 Å². The molecule has 0 unspecified atom stereocenters. The van der Waals surface area contributed by atoms with Gasteiger partial charge in [0.2, 0.25) is 11.8 Å². The predicted octanol–water partition coefficient (Wildman–Crippen LogP) is 4.47. The van der Waals surface area contributed by atoms with E-state index in [2.05, 4.69) is 58.9 Å². The maximum atomic E-state index is 13.3. The molecule has 0 aliphatic carbocycles. The molecule has 0 fully saturated rings. The number of aryl methyl sites for hydroxylation is 1. The number of aromatic nitrogens is 5. The molecule has 0 saturated carbocycles. The number of likely N-dealkylation sites (N-methyl/N-ethyl adjacent to an activating group) is 1. The molecule has 0 radical (unpaired) electrons. The zero-order valence-corrected chi connectivity index (χ0v) is 25.8. The summed E-state index contributed by atoms with van der Waals surface area (Å²) < 4.78 is 19.6. The van der Waals surface area contributed by atoms with E-state index < -0.39 is 7.14 Å². The van der Waals surface area contributed by atoms with Crippen LogP contribution in [0.4, 0.5) is 29.0 Å². The largest absolute Gasteiger partial charge is 0.479 e. The van der Waals surface area contributed by atoms with Gasteiger partial charge in [0.1, 0.15) is 30.0 Å². The number of pyridine rings is 1. The maximum Gasteiger partial charge on any atom is 0.239 e. The molecule has 1 aromatic carbocycles. The molecule has 4 rings (SSSR count). The number of fused-ring (bicyclic) bond motifs is 1. The number of nitrogens with one attached hydrogen (secondary N) is 3. The van der Waals surface area contributed by atoms with Crippen molar-refractivity contribution >= 4 is 68.4 Å². The zero-order valence-electron chi connectivity index (χ0n) is 23.3. The van der Waals surface area contributed by atoms with Gasteiger partial charge in [0.15, 0.2) is 0 Å². The fraction of sp³-hybridized carbons (Fsp3) is 0.346. The molecule has 14 heteroatoms. The molecule has 3 aromatic heterocycles. The van der Waals surface area contributed by atoms with Crippen LogP contribution in [-0.2, 0) is 15.8 Å². The smallest absolute Gasteiger partial charge is 0.239 e. The minimum Gasteiger partial charge on any atom is -0.479 e. The van der Waals surface area contributed by atoms with Gasteiger partial charge in [0.05, 0.1) is 35.2 Å². The molecule has 4 aromatic rings. The summed E-state index contributed by atoms with van der Waals surface area (Å²) in [6.07, 6.45) is 5.62. The van der Waals surface area contributed by atoms with Crippen molar-refractivity contribution in [2.24, 2.45) is 0 Å². The van der Waals surface area contributed by atoms with Crippen molar-refractivity contribution in [2.45, 2.75) is 13.3 Å². The van der Waals surface area contributed by atoms with Crippen molar-refractivity contribution in [1.29, 1.82) is 0 Å². The van der Waals surface area contributed by atoms with Gasteiger partial charge in [-0.3, -0.25) is 9.97 Å². The molecule has 0 spiro atoms. The quantitative estimate of drug-likeness (QED) is 0.116. The lowest BCUT2D eigenvalue weighted by Crippen LogP contribution is -2.30. The number of rotatable bonds is 12. The lowest BCUT2D eigenvalue weighted by Gasteiger charge is -2.23. The van der Waals surface area contributed by atoms with Crippen LogP contribution >= 0.6 is 23.1 Å². The molecule has 0 aliphatic rings. The van der Waals surface area contributed by atoms with Crippen molar-refractivity contribution in [3.05, 3.63) is 46.8 Å². The van der Waals surface area contributed by atoms with Gasteiger partial charge in [-0.25, -0.2) is 10.5 Å². The molecule has 12 nitrogen and oxygen atoms in total. The minimum atomic E-state index is -2.74. The Labute approximate surface area is 241 Å². The van der Waals surface area contributed by atoms with Crippen molar-refractivity contribution in [3.63, 3.8) is 0 Å². The summed E-state index contributed by atoms with van der Waals surface area (Å²) in [5.74, 6) is 2.04. The van der Waals surface area contributed by atoms with Crippen LogP contribution in [0.1, 0.15) is 12.5 Å². The van der Waals surface area contributed by atoms with Gasteiger partial charge in [-0.05, 0) is 59.4 Å². The third kappa shape index (κ3) is 6.67. The second-order valence-corrected chi connectivity index (χ2v) is 13.3. The number of hydrogen-bond donors (Lipinski definition) is 3. The van der Waals surface area contributed by atoms with Crippen LogP contribution in [-0.4, -0.2) is 72.6 Å². The second-order valence-electron chi connectivity index (χ2n) is 9.28. The average molecular weight is 630 g/mol. The fourth-order valence-corrected chi connectivity index (χ4v) is 5.90. The van der Waals surface area contributed by atoms with E-state index in [1.807, 2.05) is 30.1 Å². The Kier molecular flexibility index (Phi) is 9.52.